The van der Waals surface area contributed by atoms with E-state index < -0.39 is 24.5 Å². The Hall–Kier alpha value is -2.09. The van der Waals surface area contributed by atoms with E-state index in [4.69, 9.17) is 17.3 Å². The molecule has 1 heterocycles. The Morgan fingerprint density at radius 2 is 1.86 bits per heavy atom. The number of aromatic nitrogens is 2. The van der Waals surface area contributed by atoms with Gasteiger partial charge in [0.1, 0.15) is 5.82 Å². The van der Waals surface area contributed by atoms with Gasteiger partial charge in [-0.05, 0) is 24.3 Å². The lowest BCUT2D eigenvalue weighted by Gasteiger charge is -2.11. The van der Waals surface area contributed by atoms with Crippen molar-refractivity contribution in [2.24, 2.45) is 0 Å². The SMILES string of the molecule is Nc1cc(-c2cc(Cl)ccc2F)nnc1OC(F)C(F)F. The number of nitrogens with two attached hydrogens (primary N) is 1. The van der Waals surface area contributed by atoms with E-state index in [2.05, 4.69) is 14.9 Å². The molecular formula is C12H8ClF4N3O. The van der Waals surface area contributed by atoms with E-state index in [-0.39, 0.29) is 22.0 Å². The number of hydrogen-bond donors (Lipinski definition) is 1. The number of halogens is 5. The van der Waals surface area contributed by atoms with Gasteiger partial charge in [0.2, 0.25) is 0 Å². The first-order chi connectivity index (χ1) is 9.88. The summed E-state index contributed by atoms with van der Waals surface area (Å²) in [6.07, 6.45) is -6.23. The van der Waals surface area contributed by atoms with Crippen molar-refractivity contribution >= 4 is 17.3 Å². The van der Waals surface area contributed by atoms with E-state index in [1.165, 1.54) is 12.1 Å². The minimum atomic E-state index is -3.35. The van der Waals surface area contributed by atoms with Gasteiger partial charge in [-0.3, -0.25) is 0 Å². The molecule has 0 saturated heterocycles. The van der Waals surface area contributed by atoms with E-state index in [0.717, 1.165) is 12.1 Å². The van der Waals surface area contributed by atoms with E-state index >= 15 is 0 Å². The summed E-state index contributed by atoms with van der Waals surface area (Å²) in [6, 6.07) is 4.87. The number of ether oxygens (including phenoxy) is 1. The zero-order chi connectivity index (χ0) is 15.6. The van der Waals surface area contributed by atoms with Crippen LogP contribution in [0.3, 0.4) is 0 Å². The molecule has 0 spiro atoms. The second-order valence-electron chi connectivity index (χ2n) is 3.92. The molecule has 21 heavy (non-hydrogen) atoms. The smallest absolute Gasteiger partial charge is 0.304 e. The number of nitrogen functional groups attached to an aromatic ring is 1. The fourth-order valence-corrected chi connectivity index (χ4v) is 1.64. The highest BCUT2D eigenvalue weighted by Crippen LogP contribution is 2.28. The van der Waals surface area contributed by atoms with E-state index in [1.807, 2.05) is 0 Å². The number of hydrogen-bond acceptors (Lipinski definition) is 4. The molecule has 0 aliphatic rings. The average Bonchev–Trinajstić information content (AvgIpc) is 2.43. The standard InChI is InChI=1S/C12H8ClF4N3O/c13-5-1-2-7(14)6(3-5)9-4-8(18)12(20-19-9)21-11(17)10(15)16/h1-4,10-11H,(H2,18,19). The average molecular weight is 322 g/mol. The molecule has 1 atom stereocenters. The van der Waals surface area contributed by atoms with Crippen LogP contribution in [0.4, 0.5) is 23.2 Å². The van der Waals surface area contributed by atoms with Crippen molar-refractivity contribution in [2.75, 3.05) is 5.73 Å². The van der Waals surface area contributed by atoms with Gasteiger partial charge in [0.15, 0.2) is 0 Å². The van der Waals surface area contributed by atoms with Crippen LogP contribution in [0.5, 0.6) is 5.88 Å². The third-order valence-corrected chi connectivity index (χ3v) is 2.65. The summed E-state index contributed by atoms with van der Waals surface area (Å²) in [5.74, 6) is -1.23. The normalized spacial score (nSPS) is 12.5. The Kier molecular flexibility index (Phi) is 4.46. The van der Waals surface area contributed by atoms with E-state index in [0.29, 0.717) is 0 Å². The topological polar surface area (TPSA) is 61.0 Å². The fourth-order valence-electron chi connectivity index (χ4n) is 1.47. The molecule has 0 amide bonds. The third kappa shape index (κ3) is 3.52. The molecule has 4 nitrogen and oxygen atoms in total. The maximum absolute atomic E-state index is 13.6. The highest BCUT2D eigenvalue weighted by molar-refractivity contribution is 6.30. The summed E-state index contributed by atoms with van der Waals surface area (Å²) < 4.78 is 54.7. The molecule has 0 fully saturated rings. The Morgan fingerprint density at radius 3 is 2.48 bits per heavy atom. The lowest BCUT2D eigenvalue weighted by molar-refractivity contribution is -0.0690. The first-order valence-electron chi connectivity index (χ1n) is 5.56. The van der Waals surface area contributed by atoms with Crippen LogP contribution in [-0.2, 0) is 0 Å². The van der Waals surface area contributed by atoms with Crippen molar-refractivity contribution in [1.82, 2.24) is 10.2 Å². The Labute approximate surface area is 121 Å². The molecule has 0 radical (unpaired) electrons. The number of nitrogens with zero attached hydrogens (tertiary/aromatic N) is 2. The van der Waals surface area contributed by atoms with Crippen LogP contribution >= 0.6 is 11.6 Å². The predicted molar refractivity (Wildman–Crippen MR) is 68.4 cm³/mol. The number of rotatable bonds is 4. The minimum absolute atomic E-state index is 0.00676. The molecule has 112 valence electrons. The molecule has 1 unspecified atom stereocenters. The second kappa shape index (κ2) is 6.13. The molecule has 0 bridgehead atoms. The van der Waals surface area contributed by atoms with Gasteiger partial charge in [0.25, 0.3) is 12.2 Å². The minimum Gasteiger partial charge on any atom is -0.434 e. The molecule has 2 rings (SSSR count). The van der Waals surface area contributed by atoms with Crippen molar-refractivity contribution in [3.63, 3.8) is 0 Å². The van der Waals surface area contributed by atoms with E-state index in [1.54, 1.807) is 0 Å². The summed E-state index contributed by atoms with van der Waals surface area (Å²) in [4.78, 5) is 0. The van der Waals surface area contributed by atoms with Crippen LogP contribution in [0.25, 0.3) is 11.3 Å². The molecule has 0 aliphatic carbocycles. The van der Waals surface area contributed by atoms with Crippen LogP contribution in [0.1, 0.15) is 0 Å². The van der Waals surface area contributed by atoms with Crippen molar-refractivity contribution in [2.45, 2.75) is 12.8 Å². The van der Waals surface area contributed by atoms with Crippen LogP contribution in [0.15, 0.2) is 24.3 Å². The fraction of sp³-hybridized carbons (Fsp3) is 0.167. The van der Waals surface area contributed by atoms with Gasteiger partial charge in [-0.25, -0.2) is 13.2 Å². The number of alkyl halides is 3. The molecule has 0 aliphatic heterocycles. The summed E-state index contributed by atoms with van der Waals surface area (Å²) in [7, 11) is 0. The molecule has 9 heteroatoms. The molecular weight excluding hydrogens is 314 g/mol. The monoisotopic (exact) mass is 321 g/mol. The lowest BCUT2D eigenvalue weighted by atomic mass is 10.1. The van der Waals surface area contributed by atoms with Gasteiger partial charge >= 0.3 is 6.43 Å². The maximum atomic E-state index is 13.6. The second-order valence-corrected chi connectivity index (χ2v) is 4.35. The third-order valence-electron chi connectivity index (χ3n) is 2.41. The van der Waals surface area contributed by atoms with Gasteiger partial charge in [-0.2, -0.15) is 4.39 Å². The summed E-state index contributed by atoms with van der Waals surface area (Å²) in [5.41, 5.74) is 5.26. The van der Waals surface area contributed by atoms with Crippen molar-refractivity contribution in [1.29, 1.82) is 0 Å². The Balaban J connectivity index is 2.33. The summed E-state index contributed by atoms with van der Waals surface area (Å²) >= 11 is 5.74. The van der Waals surface area contributed by atoms with Gasteiger partial charge in [0, 0.05) is 10.6 Å². The van der Waals surface area contributed by atoms with Gasteiger partial charge < -0.3 is 10.5 Å². The Bertz CT molecular complexity index is 656. The number of benzene rings is 1. The van der Waals surface area contributed by atoms with Gasteiger partial charge in [-0.15, -0.1) is 10.2 Å². The maximum Gasteiger partial charge on any atom is 0.304 e. The zero-order valence-corrected chi connectivity index (χ0v) is 11.0. The van der Waals surface area contributed by atoms with Crippen molar-refractivity contribution in [3.05, 3.63) is 35.1 Å². The quantitative estimate of drug-likeness (QED) is 0.876. The molecule has 1 aromatic carbocycles. The zero-order valence-electron chi connectivity index (χ0n) is 10.2. The van der Waals surface area contributed by atoms with Crippen molar-refractivity contribution < 1.29 is 22.3 Å². The Morgan fingerprint density at radius 1 is 1.14 bits per heavy atom. The summed E-state index contributed by atoms with van der Waals surface area (Å²) in [6.45, 7) is 0. The van der Waals surface area contributed by atoms with Gasteiger partial charge in [-0.1, -0.05) is 11.6 Å². The first kappa shape index (κ1) is 15.3. The molecule has 2 N–H and O–H groups in total. The van der Waals surface area contributed by atoms with Crippen LogP contribution in [-0.4, -0.2) is 23.0 Å². The highest BCUT2D eigenvalue weighted by atomic mass is 35.5. The van der Waals surface area contributed by atoms with Gasteiger partial charge in [0.05, 0.1) is 11.4 Å². The van der Waals surface area contributed by atoms with Crippen molar-refractivity contribution in [3.8, 4) is 17.1 Å². The molecule has 2 aromatic rings. The lowest BCUT2D eigenvalue weighted by Crippen LogP contribution is -2.21. The van der Waals surface area contributed by atoms with E-state index in [9.17, 15) is 17.6 Å². The van der Waals surface area contributed by atoms with Crippen LogP contribution in [0.2, 0.25) is 5.02 Å². The first-order valence-corrected chi connectivity index (χ1v) is 5.94. The molecule has 0 saturated carbocycles. The van der Waals surface area contributed by atoms with Crippen LogP contribution in [0, 0.1) is 5.82 Å². The number of anilines is 1. The van der Waals surface area contributed by atoms with Crippen LogP contribution < -0.4 is 10.5 Å². The molecule has 1 aromatic heterocycles. The largest absolute Gasteiger partial charge is 0.434 e. The predicted octanol–water partition coefficient (Wildman–Crippen LogP) is 3.46. The highest BCUT2D eigenvalue weighted by Gasteiger charge is 2.23. The summed E-state index contributed by atoms with van der Waals surface area (Å²) in [5, 5.41) is 7.18.